The predicted molar refractivity (Wildman–Crippen MR) is 77.5 cm³/mol. The molecule has 3 rings (SSSR count). The topological polar surface area (TPSA) is 27.7 Å². The Kier molecular flexibility index (Phi) is 3.41. The second-order valence-corrected chi connectivity index (χ2v) is 7.57. The Morgan fingerprint density at radius 3 is 1.95 bits per heavy atom. The molecule has 0 spiro atoms. The Bertz CT molecular complexity index is 330. The summed E-state index contributed by atoms with van der Waals surface area (Å²) in [5, 5.41) is 3.37. The molecule has 0 aromatic rings. The van der Waals surface area contributed by atoms with Gasteiger partial charge >= 0.3 is 0 Å². The summed E-state index contributed by atoms with van der Waals surface area (Å²) >= 11 is 0. The van der Waals surface area contributed by atoms with E-state index in [0.29, 0.717) is 6.04 Å². The molecule has 0 aromatic heterocycles. The van der Waals surface area contributed by atoms with Gasteiger partial charge in [0, 0.05) is 51.4 Å². The minimum absolute atomic E-state index is 0.0102. The molecule has 4 nitrogen and oxygen atoms in total. The molecule has 3 aliphatic heterocycles. The summed E-state index contributed by atoms with van der Waals surface area (Å²) in [6, 6.07) is 1.37. The molecule has 0 bridgehead atoms. The number of rotatable bonds is 2. The van der Waals surface area contributed by atoms with Crippen molar-refractivity contribution in [3.63, 3.8) is 0 Å². The zero-order chi connectivity index (χ0) is 13.7. The van der Waals surface area contributed by atoms with Gasteiger partial charge in [-0.25, -0.2) is 0 Å². The Hall–Kier alpha value is -0.160. The van der Waals surface area contributed by atoms with E-state index in [9.17, 15) is 0 Å². The van der Waals surface area contributed by atoms with E-state index in [4.69, 9.17) is 4.74 Å². The van der Waals surface area contributed by atoms with E-state index in [1.165, 1.54) is 39.3 Å². The molecular weight excluding hydrogens is 238 g/mol. The van der Waals surface area contributed by atoms with Crippen molar-refractivity contribution in [2.24, 2.45) is 0 Å². The summed E-state index contributed by atoms with van der Waals surface area (Å²) in [5.41, 5.74) is 0.0207. The first-order chi connectivity index (χ1) is 8.87. The fourth-order valence-corrected chi connectivity index (χ4v) is 4.05. The lowest BCUT2D eigenvalue weighted by Gasteiger charge is -2.46. The maximum absolute atomic E-state index is 6.24. The molecule has 0 aliphatic carbocycles. The number of ether oxygens (including phenoxy) is 1. The maximum Gasteiger partial charge on any atom is 0.0789 e. The van der Waals surface area contributed by atoms with Crippen molar-refractivity contribution in [1.82, 2.24) is 15.1 Å². The van der Waals surface area contributed by atoms with E-state index in [2.05, 4.69) is 42.8 Å². The first-order valence-electron chi connectivity index (χ1n) is 7.76. The zero-order valence-corrected chi connectivity index (χ0v) is 12.9. The number of piperazine rings is 1. The van der Waals surface area contributed by atoms with Crippen LogP contribution in [0.25, 0.3) is 0 Å². The third-order valence-electron chi connectivity index (χ3n) is 5.09. The highest BCUT2D eigenvalue weighted by atomic mass is 16.5. The summed E-state index contributed by atoms with van der Waals surface area (Å²) in [6.45, 7) is 16.2. The average Bonchev–Trinajstić information content (AvgIpc) is 2.45. The van der Waals surface area contributed by atoms with Crippen LogP contribution in [0.2, 0.25) is 0 Å². The molecule has 3 aliphatic rings. The molecule has 0 aromatic carbocycles. The molecule has 0 amide bonds. The van der Waals surface area contributed by atoms with Gasteiger partial charge in [0.2, 0.25) is 0 Å². The summed E-state index contributed by atoms with van der Waals surface area (Å²) in [5.74, 6) is 0. The highest BCUT2D eigenvalue weighted by Gasteiger charge is 2.48. The molecule has 3 saturated heterocycles. The fourth-order valence-electron chi connectivity index (χ4n) is 4.05. The van der Waals surface area contributed by atoms with E-state index in [1.54, 1.807) is 0 Å². The van der Waals surface area contributed by atoms with E-state index in [1.807, 2.05) is 0 Å². The molecule has 0 saturated carbocycles. The molecule has 1 unspecified atom stereocenters. The first-order valence-corrected chi connectivity index (χ1v) is 7.76. The molecule has 3 fully saturated rings. The molecule has 4 heteroatoms. The van der Waals surface area contributed by atoms with Crippen LogP contribution in [0.15, 0.2) is 0 Å². The highest BCUT2D eigenvalue weighted by molar-refractivity contribution is 5.01. The van der Waals surface area contributed by atoms with Gasteiger partial charge in [0.05, 0.1) is 11.2 Å². The van der Waals surface area contributed by atoms with Crippen molar-refractivity contribution in [2.75, 3.05) is 39.3 Å². The van der Waals surface area contributed by atoms with Gasteiger partial charge in [-0.15, -0.1) is 0 Å². The van der Waals surface area contributed by atoms with Crippen molar-refractivity contribution >= 4 is 0 Å². The molecular formula is C15H29N3O. The van der Waals surface area contributed by atoms with Gasteiger partial charge in [-0.05, 0) is 34.1 Å². The van der Waals surface area contributed by atoms with E-state index in [0.717, 1.165) is 12.5 Å². The second kappa shape index (κ2) is 4.69. The van der Waals surface area contributed by atoms with Crippen LogP contribution in [0, 0.1) is 0 Å². The van der Waals surface area contributed by atoms with E-state index >= 15 is 0 Å². The molecule has 1 atom stereocenters. The first kappa shape index (κ1) is 13.8. The van der Waals surface area contributed by atoms with E-state index < -0.39 is 0 Å². The smallest absolute Gasteiger partial charge is 0.0789 e. The van der Waals surface area contributed by atoms with Crippen LogP contribution in [0.1, 0.15) is 34.1 Å². The minimum Gasteiger partial charge on any atom is -0.368 e. The summed E-state index contributed by atoms with van der Waals surface area (Å²) < 4.78 is 6.24. The van der Waals surface area contributed by atoms with Crippen molar-refractivity contribution < 1.29 is 4.74 Å². The number of hydrogen-bond donors (Lipinski definition) is 1. The Balaban J connectivity index is 1.59. The zero-order valence-electron chi connectivity index (χ0n) is 12.9. The molecule has 19 heavy (non-hydrogen) atoms. The monoisotopic (exact) mass is 267 g/mol. The largest absolute Gasteiger partial charge is 0.368 e. The molecule has 110 valence electrons. The standard InChI is InChI=1S/C15H29N3O/c1-14(2)9-13(15(3,4)19-14)18-7-5-17(6-8-18)12-10-16-11-12/h12-13,16H,5-11H2,1-4H3. The molecule has 0 radical (unpaired) electrons. The van der Waals surface area contributed by atoms with Crippen molar-refractivity contribution in [1.29, 1.82) is 0 Å². The Morgan fingerprint density at radius 2 is 1.53 bits per heavy atom. The van der Waals surface area contributed by atoms with Gasteiger partial charge in [-0.1, -0.05) is 0 Å². The highest BCUT2D eigenvalue weighted by Crippen LogP contribution is 2.40. The van der Waals surface area contributed by atoms with Crippen LogP contribution in [-0.4, -0.2) is 72.4 Å². The SMILES string of the molecule is CC1(C)CC(N2CCN(C3CNC3)CC2)C(C)(C)O1. The van der Waals surface area contributed by atoms with Gasteiger partial charge in [0.1, 0.15) is 0 Å². The number of nitrogens with one attached hydrogen (secondary N) is 1. The third kappa shape index (κ3) is 2.68. The Morgan fingerprint density at radius 1 is 0.947 bits per heavy atom. The normalized spacial score (nSPS) is 36.3. The van der Waals surface area contributed by atoms with Gasteiger partial charge in [-0.3, -0.25) is 9.80 Å². The summed E-state index contributed by atoms with van der Waals surface area (Å²) in [7, 11) is 0. The van der Waals surface area contributed by atoms with Gasteiger partial charge in [-0.2, -0.15) is 0 Å². The number of hydrogen-bond acceptors (Lipinski definition) is 4. The average molecular weight is 267 g/mol. The third-order valence-corrected chi connectivity index (χ3v) is 5.09. The maximum atomic E-state index is 6.24. The minimum atomic E-state index is -0.0102. The van der Waals surface area contributed by atoms with Gasteiger partial charge < -0.3 is 10.1 Å². The van der Waals surface area contributed by atoms with Crippen LogP contribution < -0.4 is 5.32 Å². The fraction of sp³-hybridized carbons (Fsp3) is 1.00. The van der Waals surface area contributed by atoms with Gasteiger partial charge in [0.15, 0.2) is 0 Å². The summed E-state index contributed by atoms with van der Waals surface area (Å²) in [4.78, 5) is 5.32. The predicted octanol–water partition coefficient (Wildman–Crippen LogP) is 0.922. The van der Waals surface area contributed by atoms with Crippen molar-refractivity contribution in [3.05, 3.63) is 0 Å². The van der Waals surface area contributed by atoms with Gasteiger partial charge in [0.25, 0.3) is 0 Å². The quantitative estimate of drug-likeness (QED) is 0.805. The molecule has 3 heterocycles. The van der Waals surface area contributed by atoms with Crippen LogP contribution in [-0.2, 0) is 4.74 Å². The van der Waals surface area contributed by atoms with Crippen LogP contribution in [0.5, 0.6) is 0 Å². The van der Waals surface area contributed by atoms with Crippen LogP contribution in [0.3, 0.4) is 0 Å². The lowest BCUT2D eigenvalue weighted by atomic mass is 9.92. The van der Waals surface area contributed by atoms with Crippen molar-refractivity contribution in [3.8, 4) is 0 Å². The number of nitrogens with zero attached hydrogens (tertiary/aromatic N) is 2. The van der Waals surface area contributed by atoms with Crippen molar-refractivity contribution in [2.45, 2.75) is 57.4 Å². The van der Waals surface area contributed by atoms with E-state index in [-0.39, 0.29) is 11.2 Å². The Labute approximate surface area is 117 Å². The summed E-state index contributed by atoms with van der Waals surface area (Å²) in [6.07, 6.45) is 1.16. The van der Waals surface area contributed by atoms with Crippen LogP contribution >= 0.6 is 0 Å². The molecule has 1 N–H and O–H groups in total. The second-order valence-electron chi connectivity index (χ2n) is 7.57. The lowest BCUT2D eigenvalue weighted by Crippen LogP contribution is -2.63. The van der Waals surface area contributed by atoms with Crippen LogP contribution in [0.4, 0.5) is 0 Å². The lowest BCUT2D eigenvalue weighted by molar-refractivity contribution is -0.0847.